The Bertz CT molecular complexity index is 532. The van der Waals surface area contributed by atoms with E-state index in [4.69, 9.17) is 0 Å². The van der Waals surface area contributed by atoms with Crippen LogP contribution in [0.25, 0.3) is 11.0 Å². The molecule has 1 N–H and O–H groups in total. The molecule has 18 heavy (non-hydrogen) atoms. The summed E-state index contributed by atoms with van der Waals surface area (Å²) in [5.74, 6) is 0.768. The van der Waals surface area contributed by atoms with Crippen LogP contribution >= 0.6 is 0 Å². The third-order valence-electron chi connectivity index (χ3n) is 4.03. The third-order valence-corrected chi connectivity index (χ3v) is 4.03. The van der Waals surface area contributed by atoms with E-state index < -0.39 is 0 Å². The second-order valence-electron chi connectivity index (χ2n) is 5.12. The van der Waals surface area contributed by atoms with Crippen LogP contribution in [0.5, 0.6) is 0 Å². The highest BCUT2D eigenvalue weighted by Gasteiger charge is 2.25. The lowest BCUT2D eigenvalue weighted by Crippen LogP contribution is -2.23. The summed E-state index contributed by atoms with van der Waals surface area (Å²) in [7, 11) is 2.06. The Morgan fingerprint density at radius 1 is 1.11 bits per heavy atom. The van der Waals surface area contributed by atoms with E-state index in [1.807, 2.05) is 0 Å². The van der Waals surface area contributed by atoms with Gasteiger partial charge in [-0.05, 0) is 43.5 Å². The topological polar surface area (TPSA) is 37.8 Å². The minimum atomic E-state index is 0.457. The van der Waals surface area contributed by atoms with Crippen molar-refractivity contribution in [2.45, 2.75) is 31.7 Å². The number of aromatic nitrogens is 2. The van der Waals surface area contributed by atoms with Crippen molar-refractivity contribution < 1.29 is 0 Å². The molecular weight excluding hydrogens is 222 g/mol. The van der Waals surface area contributed by atoms with Crippen LogP contribution in [-0.2, 0) is 0 Å². The van der Waals surface area contributed by atoms with E-state index in [1.165, 1.54) is 31.2 Å². The van der Waals surface area contributed by atoms with Crippen LogP contribution in [0.2, 0.25) is 0 Å². The first kappa shape index (κ1) is 11.6. The first-order chi connectivity index (χ1) is 8.88. The van der Waals surface area contributed by atoms with Crippen molar-refractivity contribution in [2.75, 3.05) is 7.05 Å². The molecule has 3 rings (SSSR count). The highest BCUT2D eigenvalue weighted by molar-refractivity contribution is 5.74. The molecule has 94 valence electrons. The van der Waals surface area contributed by atoms with Gasteiger partial charge in [-0.15, -0.1) is 0 Å². The van der Waals surface area contributed by atoms with Gasteiger partial charge in [-0.1, -0.05) is 18.9 Å². The van der Waals surface area contributed by atoms with Gasteiger partial charge in [0.2, 0.25) is 0 Å². The van der Waals surface area contributed by atoms with Gasteiger partial charge < -0.3 is 5.32 Å². The van der Waals surface area contributed by atoms with Crippen molar-refractivity contribution >= 4 is 11.0 Å². The van der Waals surface area contributed by atoms with Crippen LogP contribution in [0.4, 0.5) is 0 Å². The predicted molar refractivity (Wildman–Crippen MR) is 73.3 cm³/mol. The molecule has 1 aromatic heterocycles. The first-order valence-corrected chi connectivity index (χ1v) is 6.76. The zero-order chi connectivity index (χ0) is 12.4. The van der Waals surface area contributed by atoms with E-state index in [1.54, 1.807) is 12.4 Å². The van der Waals surface area contributed by atoms with Crippen LogP contribution in [0.1, 0.15) is 37.3 Å². The lowest BCUT2D eigenvalue weighted by Gasteiger charge is -2.23. The Hall–Kier alpha value is -1.48. The number of nitrogens with zero attached hydrogens (tertiary/aromatic N) is 2. The number of rotatable bonds is 3. The molecule has 1 aromatic carbocycles. The van der Waals surface area contributed by atoms with Gasteiger partial charge in [0.05, 0.1) is 11.0 Å². The molecule has 1 fully saturated rings. The summed E-state index contributed by atoms with van der Waals surface area (Å²) in [6.07, 6.45) is 8.92. The summed E-state index contributed by atoms with van der Waals surface area (Å²) in [4.78, 5) is 8.72. The molecule has 1 aliphatic carbocycles. The van der Waals surface area contributed by atoms with E-state index in [0.717, 1.165) is 17.0 Å². The zero-order valence-corrected chi connectivity index (χ0v) is 10.8. The van der Waals surface area contributed by atoms with Crippen LogP contribution in [0.3, 0.4) is 0 Å². The van der Waals surface area contributed by atoms with Gasteiger partial charge in [-0.2, -0.15) is 0 Å². The lowest BCUT2D eigenvalue weighted by molar-refractivity contribution is 0.390. The summed E-state index contributed by atoms with van der Waals surface area (Å²) in [5.41, 5.74) is 3.31. The number of hydrogen-bond donors (Lipinski definition) is 1. The molecule has 2 aromatic rings. The number of fused-ring (bicyclic) bond motifs is 1. The molecule has 0 bridgehead atoms. The van der Waals surface area contributed by atoms with Crippen molar-refractivity contribution in [2.24, 2.45) is 5.92 Å². The van der Waals surface area contributed by atoms with Crippen molar-refractivity contribution in [3.8, 4) is 0 Å². The molecule has 3 heteroatoms. The maximum atomic E-state index is 4.39. The van der Waals surface area contributed by atoms with Gasteiger partial charge in [-0.25, -0.2) is 0 Å². The Morgan fingerprint density at radius 2 is 1.83 bits per heavy atom. The minimum absolute atomic E-state index is 0.457. The van der Waals surface area contributed by atoms with Gasteiger partial charge in [0, 0.05) is 18.4 Å². The van der Waals surface area contributed by atoms with Gasteiger partial charge in [-0.3, -0.25) is 9.97 Å². The average Bonchev–Trinajstić information content (AvgIpc) is 2.93. The molecular formula is C15H19N3. The van der Waals surface area contributed by atoms with Crippen molar-refractivity contribution in [1.82, 2.24) is 15.3 Å². The monoisotopic (exact) mass is 241 g/mol. The first-order valence-electron chi connectivity index (χ1n) is 6.76. The molecule has 1 atom stereocenters. The fourth-order valence-electron chi connectivity index (χ4n) is 3.14. The highest BCUT2D eigenvalue weighted by atomic mass is 14.9. The van der Waals surface area contributed by atoms with Crippen molar-refractivity contribution in [1.29, 1.82) is 0 Å². The standard InChI is InChI=1S/C15H19N3/c1-16-15(11-4-2-3-5-11)12-6-7-13-14(10-12)18-9-8-17-13/h6-11,15-16H,2-5H2,1H3. The van der Waals surface area contributed by atoms with Crippen LogP contribution in [-0.4, -0.2) is 17.0 Å². The summed E-state index contributed by atoms with van der Waals surface area (Å²) in [6.45, 7) is 0. The second kappa shape index (κ2) is 5.02. The van der Waals surface area contributed by atoms with E-state index >= 15 is 0 Å². The second-order valence-corrected chi connectivity index (χ2v) is 5.12. The fraction of sp³-hybridized carbons (Fsp3) is 0.467. The molecule has 1 aliphatic rings. The minimum Gasteiger partial charge on any atom is -0.313 e. The quantitative estimate of drug-likeness (QED) is 0.897. The Balaban J connectivity index is 1.96. The van der Waals surface area contributed by atoms with Crippen LogP contribution in [0, 0.1) is 5.92 Å². The third kappa shape index (κ3) is 2.10. The summed E-state index contributed by atoms with van der Waals surface area (Å²) >= 11 is 0. The normalized spacial score (nSPS) is 18.3. The van der Waals surface area contributed by atoms with E-state index in [9.17, 15) is 0 Å². The fourth-order valence-corrected chi connectivity index (χ4v) is 3.14. The van der Waals surface area contributed by atoms with Gasteiger partial charge in [0.25, 0.3) is 0 Å². The molecule has 1 heterocycles. The van der Waals surface area contributed by atoms with E-state index in [0.29, 0.717) is 6.04 Å². The van der Waals surface area contributed by atoms with E-state index in [2.05, 4.69) is 40.5 Å². The number of hydrogen-bond acceptors (Lipinski definition) is 3. The van der Waals surface area contributed by atoms with Crippen molar-refractivity contribution in [3.63, 3.8) is 0 Å². The largest absolute Gasteiger partial charge is 0.313 e. The summed E-state index contributed by atoms with van der Waals surface area (Å²) < 4.78 is 0. The zero-order valence-electron chi connectivity index (χ0n) is 10.8. The lowest BCUT2D eigenvalue weighted by atomic mass is 9.91. The molecule has 1 saturated carbocycles. The predicted octanol–water partition coefficient (Wildman–Crippen LogP) is 3.08. The number of benzene rings is 1. The average molecular weight is 241 g/mol. The van der Waals surface area contributed by atoms with Crippen LogP contribution in [0.15, 0.2) is 30.6 Å². The Morgan fingerprint density at radius 3 is 2.56 bits per heavy atom. The molecule has 0 amide bonds. The smallest absolute Gasteiger partial charge is 0.0890 e. The maximum Gasteiger partial charge on any atom is 0.0890 e. The van der Waals surface area contributed by atoms with Crippen molar-refractivity contribution in [3.05, 3.63) is 36.2 Å². The Kier molecular flexibility index (Phi) is 3.24. The molecule has 0 spiro atoms. The molecule has 1 unspecified atom stereocenters. The van der Waals surface area contributed by atoms with E-state index in [-0.39, 0.29) is 0 Å². The molecule has 0 saturated heterocycles. The SMILES string of the molecule is CNC(c1ccc2nccnc2c1)C1CCCC1. The highest BCUT2D eigenvalue weighted by Crippen LogP contribution is 2.35. The molecule has 0 aliphatic heterocycles. The molecule has 0 radical (unpaired) electrons. The van der Waals surface area contributed by atoms with Gasteiger partial charge in [0.15, 0.2) is 0 Å². The van der Waals surface area contributed by atoms with Gasteiger partial charge >= 0.3 is 0 Å². The summed E-state index contributed by atoms with van der Waals surface area (Å²) in [6, 6.07) is 6.91. The van der Waals surface area contributed by atoms with Crippen LogP contribution < -0.4 is 5.32 Å². The summed E-state index contributed by atoms with van der Waals surface area (Å²) in [5, 5.41) is 3.48. The number of nitrogens with one attached hydrogen (secondary N) is 1. The van der Waals surface area contributed by atoms with Gasteiger partial charge in [0.1, 0.15) is 0 Å². The Labute approximate surface area is 108 Å². The molecule has 3 nitrogen and oxygen atoms in total. The maximum absolute atomic E-state index is 4.39.